The molecule has 6 rings (SSSR count). The van der Waals surface area contributed by atoms with Crippen LogP contribution in [0.3, 0.4) is 0 Å². The van der Waals surface area contributed by atoms with Crippen molar-refractivity contribution in [3.8, 4) is 10.6 Å². The Hall–Kier alpha value is -4.32. The molecule has 0 radical (unpaired) electrons. The van der Waals surface area contributed by atoms with Crippen LogP contribution in [0.25, 0.3) is 21.7 Å². The third kappa shape index (κ3) is 5.39. The first-order chi connectivity index (χ1) is 19.6. The Morgan fingerprint density at radius 3 is 2.65 bits per heavy atom. The van der Waals surface area contributed by atoms with Gasteiger partial charge >= 0.3 is 0 Å². The summed E-state index contributed by atoms with van der Waals surface area (Å²) in [7, 11) is 1.75. The van der Waals surface area contributed by atoms with Crippen LogP contribution in [0.15, 0.2) is 77.7 Å². The van der Waals surface area contributed by atoms with Crippen LogP contribution >= 0.6 is 11.3 Å². The van der Waals surface area contributed by atoms with E-state index >= 15 is 0 Å². The van der Waals surface area contributed by atoms with Crippen LogP contribution in [-0.2, 0) is 11.3 Å². The van der Waals surface area contributed by atoms with Crippen molar-refractivity contribution in [2.24, 2.45) is 0 Å². The highest BCUT2D eigenvalue weighted by Gasteiger charge is 2.20. The second-order valence-corrected chi connectivity index (χ2v) is 10.5. The molecule has 2 aromatic carbocycles. The van der Waals surface area contributed by atoms with Gasteiger partial charge < -0.3 is 18.6 Å². The fraction of sp³-hybridized carbons (Fsp3) is 0.241. The number of carbonyl (C=O) groups is 2. The zero-order chi connectivity index (χ0) is 27.5. The molecule has 11 heteroatoms. The van der Waals surface area contributed by atoms with E-state index in [0.717, 1.165) is 30.0 Å². The normalized spacial score (nSPS) is 13.9. The Balaban J connectivity index is 1.29. The average Bonchev–Trinajstić information content (AvgIpc) is 3.76. The molecule has 1 fully saturated rings. The van der Waals surface area contributed by atoms with E-state index in [1.807, 2.05) is 47.0 Å². The second-order valence-electron chi connectivity index (χ2n) is 9.43. The van der Waals surface area contributed by atoms with E-state index in [1.54, 1.807) is 36.3 Å². The van der Waals surface area contributed by atoms with Crippen LogP contribution < -0.4 is 10.2 Å². The smallest absolute Gasteiger partial charge is 0.268 e. The second kappa shape index (κ2) is 11.4. The number of ether oxygens (including phenoxy) is 1. The number of morpholine rings is 1. The first-order valence-corrected chi connectivity index (χ1v) is 13.8. The van der Waals surface area contributed by atoms with E-state index in [2.05, 4.69) is 15.2 Å². The highest BCUT2D eigenvalue weighted by Crippen LogP contribution is 2.30. The van der Waals surface area contributed by atoms with Crippen molar-refractivity contribution in [1.29, 1.82) is 0 Å². The summed E-state index contributed by atoms with van der Waals surface area (Å²) in [4.78, 5) is 40.4. The minimum absolute atomic E-state index is 0.111. The summed E-state index contributed by atoms with van der Waals surface area (Å²) in [5, 5.41) is 3.01. The molecule has 0 unspecified atom stereocenters. The molecular weight excluding hydrogens is 528 g/mol. The van der Waals surface area contributed by atoms with Gasteiger partial charge in [-0.2, -0.15) is 0 Å². The fourth-order valence-electron chi connectivity index (χ4n) is 4.70. The van der Waals surface area contributed by atoms with Crippen LogP contribution in [0.4, 0.5) is 11.6 Å². The Morgan fingerprint density at radius 2 is 1.88 bits per heavy atom. The van der Waals surface area contributed by atoms with Crippen LogP contribution in [0.5, 0.6) is 0 Å². The maximum atomic E-state index is 13.3. The van der Waals surface area contributed by atoms with E-state index in [9.17, 15) is 9.59 Å². The van der Waals surface area contributed by atoms with Gasteiger partial charge in [-0.25, -0.2) is 9.97 Å². The number of anilines is 2. The molecule has 4 heterocycles. The summed E-state index contributed by atoms with van der Waals surface area (Å²) in [5.41, 5.74) is 2.89. The third-order valence-corrected chi connectivity index (χ3v) is 8.02. The predicted octanol–water partition coefficient (Wildman–Crippen LogP) is 4.61. The van der Waals surface area contributed by atoms with Crippen molar-refractivity contribution in [3.63, 3.8) is 0 Å². The Bertz CT molecular complexity index is 1620. The highest BCUT2D eigenvalue weighted by atomic mass is 32.1. The molecule has 0 aliphatic carbocycles. The molecule has 2 amide bonds. The van der Waals surface area contributed by atoms with E-state index in [0.29, 0.717) is 53.1 Å². The van der Waals surface area contributed by atoms with Crippen molar-refractivity contribution in [3.05, 3.63) is 83.7 Å². The number of nitrogens with one attached hydrogen (secondary N) is 1. The monoisotopic (exact) mass is 556 g/mol. The van der Waals surface area contributed by atoms with Crippen molar-refractivity contribution in [2.45, 2.75) is 6.54 Å². The fourth-order valence-corrected chi connectivity index (χ4v) is 5.55. The Morgan fingerprint density at radius 1 is 1.05 bits per heavy atom. The van der Waals surface area contributed by atoms with Crippen molar-refractivity contribution in [1.82, 2.24) is 19.4 Å². The predicted molar refractivity (Wildman–Crippen MR) is 154 cm³/mol. The van der Waals surface area contributed by atoms with Gasteiger partial charge in [0, 0.05) is 44.5 Å². The summed E-state index contributed by atoms with van der Waals surface area (Å²) < 4.78 is 12.9. The zero-order valence-electron chi connectivity index (χ0n) is 21.9. The van der Waals surface area contributed by atoms with Crippen molar-refractivity contribution in [2.75, 3.05) is 50.1 Å². The number of carbonyl (C=O) groups excluding carboxylic acids is 2. The first kappa shape index (κ1) is 25.9. The van der Waals surface area contributed by atoms with E-state index < -0.39 is 0 Å². The number of rotatable bonds is 8. The number of nitrogens with zero attached hydrogens (tertiary/aromatic N) is 5. The number of hydrogen-bond donors (Lipinski definition) is 1. The minimum Gasteiger partial charge on any atom is -0.443 e. The van der Waals surface area contributed by atoms with Gasteiger partial charge in [-0.3, -0.25) is 19.8 Å². The van der Waals surface area contributed by atoms with Crippen molar-refractivity contribution < 1.29 is 18.7 Å². The maximum absolute atomic E-state index is 13.3. The highest BCUT2D eigenvalue weighted by molar-refractivity contribution is 7.17. The van der Waals surface area contributed by atoms with E-state index in [1.165, 1.54) is 17.7 Å². The molecule has 0 bridgehead atoms. The van der Waals surface area contributed by atoms with Gasteiger partial charge in [0.05, 0.1) is 40.2 Å². The molecule has 1 aliphatic rings. The number of benzene rings is 2. The SMILES string of the molecule is CN(C(=O)c1ccccc1)c1ccc2c(c1)nc(NC(=O)c1ccc(-c3cnco3)s1)n2CCN1CCOCC1. The standard InChI is InChI=1S/C29H28N6O4S/c1-33(28(37)20-5-3-2-4-6-20)21-7-8-23-22(17-21)31-29(35(23)12-11-34-13-15-38-16-14-34)32-27(36)26-10-9-25(40-26)24-18-30-19-39-24/h2-10,17-19H,11-16H2,1H3,(H,31,32,36). The molecule has 0 atom stereocenters. The minimum atomic E-state index is -0.254. The molecular formula is C29H28N6O4S. The Labute approximate surface area is 234 Å². The largest absolute Gasteiger partial charge is 0.443 e. The van der Waals surface area contributed by atoms with Gasteiger partial charge in [-0.05, 0) is 42.5 Å². The van der Waals surface area contributed by atoms with E-state index in [-0.39, 0.29) is 11.8 Å². The number of hydrogen-bond acceptors (Lipinski definition) is 8. The number of fused-ring (bicyclic) bond motifs is 1. The van der Waals surface area contributed by atoms with Crippen LogP contribution in [0.2, 0.25) is 0 Å². The van der Waals surface area contributed by atoms with Crippen LogP contribution in [-0.4, -0.2) is 71.1 Å². The molecule has 1 N–H and O–H groups in total. The third-order valence-electron chi connectivity index (χ3n) is 6.92. The average molecular weight is 557 g/mol. The van der Waals surface area contributed by atoms with Gasteiger partial charge in [0.2, 0.25) is 5.95 Å². The van der Waals surface area contributed by atoms with Gasteiger partial charge in [0.15, 0.2) is 12.2 Å². The maximum Gasteiger partial charge on any atom is 0.268 e. The van der Waals surface area contributed by atoms with Gasteiger partial charge in [0.25, 0.3) is 11.8 Å². The number of aromatic nitrogens is 3. The molecule has 5 aromatic rings. The topological polar surface area (TPSA) is 106 Å². The number of amides is 2. The van der Waals surface area contributed by atoms with E-state index in [4.69, 9.17) is 14.1 Å². The number of thiophene rings is 1. The number of oxazole rings is 1. The molecule has 1 saturated heterocycles. The summed E-state index contributed by atoms with van der Waals surface area (Å²) in [6, 6.07) is 18.5. The van der Waals surface area contributed by atoms with Crippen LogP contribution in [0, 0.1) is 0 Å². The summed E-state index contributed by atoms with van der Waals surface area (Å²) in [6.45, 7) is 4.59. The zero-order valence-corrected chi connectivity index (χ0v) is 22.8. The van der Waals surface area contributed by atoms with Crippen molar-refractivity contribution >= 4 is 45.8 Å². The molecule has 40 heavy (non-hydrogen) atoms. The quantitative estimate of drug-likeness (QED) is 0.297. The lowest BCUT2D eigenvalue weighted by atomic mass is 10.2. The Kier molecular flexibility index (Phi) is 7.41. The summed E-state index contributed by atoms with van der Waals surface area (Å²) in [6.07, 6.45) is 2.99. The van der Waals surface area contributed by atoms with Gasteiger partial charge in [-0.15, -0.1) is 11.3 Å². The molecule has 1 aliphatic heterocycles. The molecule has 204 valence electrons. The summed E-state index contributed by atoms with van der Waals surface area (Å²) in [5.74, 6) is 0.705. The lowest BCUT2D eigenvalue weighted by Crippen LogP contribution is -2.38. The molecule has 0 spiro atoms. The molecule has 0 saturated carbocycles. The summed E-state index contributed by atoms with van der Waals surface area (Å²) >= 11 is 1.33. The van der Waals surface area contributed by atoms with Gasteiger partial charge in [-0.1, -0.05) is 18.2 Å². The van der Waals surface area contributed by atoms with Gasteiger partial charge in [0.1, 0.15) is 0 Å². The first-order valence-electron chi connectivity index (χ1n) is 13.0. The molecule has 10 nitrogen and oxygen atoms in total. The van der Waals surface area contributed by atoms with Crippen LogP contribution in [0.1, 0.15) is 20.0 Å². The molecule has 3 aromatic heterocycles. The lowest BCUT2D eigenvalue weighted by molar-refractivity contribution is 0.0366. The lowest BCUT2D eigenvalue weighted by Gasteiger charge is -2.27. The number of imidazole rings is 1.